The van der Waals surface area contributed by atoms with E-state index in [2.05, 4.69) is 23.0 Å². The van der Waals surface area contributed by atoms with Gasteiger partial charge in [-0.05, 0) is 31.6 Å². The van der Waals surface area contributed by atoms with Crippen molar-refractivity contribution in [2.45, 2.75) is 30.5 Å². The molecule has 2 unspecified atom stereocenters. The van der Waals surface area contributed by atoms with Gasteiger partial charge < -0.3 is 21.9 Å². The zero-order valence-electron chi connectivity index (χ0n) is 8.23. The lowest BCUT2D eigenvalue weighted by Crippen LogP contribution is -3.11. The maximum absolute atomic E-state index is 3.76. The first-order chi connectivity index (χ1) is 5.75. The van der Waals surface area contributed by atoms with Crippen LogP contribution >= 0.6 is 15.9 Å². The van der Waals surface area contributed by atoms with Gasteiger partial charge in [0.1, 0.15) is 0 Å². The predicted molar refractivity (Wildman–Crippen MR) is 54.8 cm³/mol. The molecular weight excluding hydrogens is 294 g/mol. The molecule has 0 spiro atoms. The molecule has 4 atom stereocenters. The first-order valence-electron chi connectivity index (χ1n) is 5.21. The second-order valence-corrected chi connectivity index (χ2v) is 5.93. The van der Waals surface area contributed by atoms with Gasteiger partial charge in [0.15, 0.2) is 0 Å². The Morgan fingerprint density at radius 1 is 1.15 bits per heavy atom. The maximum Gasteiger partial charge on any atom is 0.0800 e. The summed E-state index contributed by atoms with van der Waals surface area (Å²) >= 11 is 3.76. The van der Waals surface area contributed by atoms with Crippen molar-refractivity contribution in [2.75, 3.05) is 20.1 Å². The minimum Gasteiger partial charge on any atom is -1.00 e. The van der Waals surface area contributed by atoms with Crippen LogP contribution in [0, 0.1) is 11.8 Å². The number of nitrogens with one attached hydrogen (secondary N) is 1. The topological polar surface area (TPSA) is 4.44 Å². The number of likely N-dealkylation sites (tertiary alicyclic amines) is 1. The second kappa shape index (κ2) is 5.13. The first-order valence-corrected chi connectivity index (χ1v) is 6.12. The van der Waals surface area contributed by atoms with Gasteiger partial charge in [0.2, 0.25) is 0 Å². The van der Waals surface area contributed by atoms with Crippen molar-refractivity contribution < 1.29 is 21.9 Å². The number of alkyl halides is 1. The van der Waals surface area contributed by atoms with Crippen LogP contribution in [0.15, 0.2) is 0 Å². The predicted octanol–water partition coefficient (Wildman–Crippen LogP) is -1.91. The van der Waals surface area contributed by atoms with Crippen LogP contribution in [0.2, 0.25) is 0 Å². The Labute approximate surface area is 100 Å². The van der Waals surface area contributed by atoms with Crippen LogP contribution in [0.3, 0.4) is 0 Å². The van der Waals surface area contributed by atoms with Crippen LogP contribution in [0.5, 0.6) is 0 Å². The van der Waals surface area contributed by atoms with Gasteiger partial charge in [0.05, 0.1) is 20.1 Å². The van der Waals surface area contributed by atoms with Gasteiger partial charge in [-0.15, -0.1) is 0 Å². The lowest BCUT2D eigenvalue weighted by molar-refractivity contribution is -0.890. The molecule has 1 saturated heterocycles. The van der Waals surface area contributed by atoms with E-state index < -0.39 is 0 Å². The number of quaternary nitrogens is 1. The molecule has 78 valence electrons. The molecule has 1 aliphatic carbocycles. The Balaban J connectivity index is 0.000000845. The molecule has 0 aromatic rings. The fourth-order valence-corrected chi connectivity index (χ4v) is 3.63. The van der Waals surface area contributed by atoms with E-state index in [0.717, 1.165) is 16.7 Å². The molecule has 0 bridgehead atoms. The molecule has 0 amide bonds. The quantitative estimate of drug-likeness (QED) is 0.498. The number of hydrogen-bond donors (Lipinski definition) is 1. The summed E-state index contributed by atoms with van der Waals surface area (Å²) in [5.41, 5.74) is 0. The van der Waals surface area contributed by atoms with E-state index in [1.165, 1.54) is 38.8 Å². The van der Waals surface area contributed by atoms with Crippen molar-refractivity contribution in [1.82, 2.24) is 0 Å². The summed E-state index contributed by atoms with van der Waals surface area (Å²) in [6.45, 7) is 2.83. The molecule has 1 nitrogen and oxygen atoms in total. The number of halogens is 2. The maximum atomic E-state index is 3.76. The summed E-state index contributed by atoms with van der Waals surface area (Å²) in [6.07, 6.45) is 5.81. The van der Waals surface area contributed by atoms with Crippen molar-refractivity contribution in [3.63, 3.8) is 0 Å². The fourth-order valence-electron chi connectivity index (χ4n) is 2.88. The Morgan fingerprint density at radius 3 is 2.69 bits per heavy atom. The Kier molecular flexibility index (Phi) is 4.73. The summed E-state index contributed by atoms with van der Waals surface area (Å²) in [5, 5.41) is 0. The van der Waals surface area contributed by atoms with E-state index >= 15 is 0 Å². The molecule has 1 saturated carbocycles. The van der Waals surface area contributed by atoms with Crippen LogP contribution in [-0.4, -0.2) is 25.0 Å². The molecular formula is C10H19Br2N. The zero-order valence-corrected chi connectivity index (χ0v) is 11.4. The smallest absolute Gasteiger partial charge is 0.0800 e. The number of hydrogen-bond acceptors (Lipinski definition) is 0. The summed E-state index contributed by atoms with van der Waals surface area (Å²) < 4.78 is 0. The van der Waals surface area contributed by atoms with E-state index in [0.29, 0.717) is 0 Å². The lowest BCUT2D eigenvalue weighted by Gasteiger charge is -2.39. The lowest BCUT2D eigenvalue weighted by atomic mass is 9.75. The number of piperidine rings is 1. The van der Waals surface area contributed by atoms with Crippen LogP contribution in [0.4, 0.5) is 0 Å². The molecule has 0 aromatic carbocycles. The molecule has 2 rings (SSSR count). The van der Waals surface area contributed by atoms with Gasteiger partial charge >= 0.3 is 0 Å². The highest BCUT2D eigenvalue weighted by Gasteiger charge is 2.34. The Hall–Kier alpha value is 0.920. The largest absolute Gasteiger partial charge is 1.00 e. The van der Waals surface area contributed by atoms with Gasteiger partial charge in [-0.1, -0.05) is 15.9 Å². The highest BCUT2D eigenvalue weighted by atomic mass is 79.9. The van der Waals surface area contributed by atoms with Gasteiger partial charge in [-0.25, -0.2) is 0 Å². The molecule has 1 aliphatic heterocycles. The molecule has 0 radical (unpaired) electrons. The molecule has 13 heavy (non-hydrogen) atoms. The van der Waals surface area contributed by atoms with Crippen molar-refractivity contribution in [2.24, 2.45) is 11.8 Å². The van der Waals surface area contributed by atoms with Crippen molar-refractivity contribution in [3.05, 3.63) is 0 Å². The third kappa shape index (κ3) is 2.93. The van der Waals surface area contributed by atoms with Crippen LogP contribution in [0.1, 0.15) is 25.7 Å². The Bertz CT molecular complexity index is 147. The average Bonchev–Trinajstić information content (AvgIpc) is 2.03. The minimum atomic E-state index is 0. The number of fused-ring (bicyclic) bond motifs is 1. The summed E-state index contributed by atoms with van der Waals surface area (Å²) in [4.78, 5) is 2.57. The molecule has 2 aliphatic rings. The minimum absolute atomic E-state index is 0. The molecule has 1 N–H and O–H groups in total. The van der Waals surface area contributed by atoms with E-state index in [1.54, 1.807) is 4.90 Å². The third-order valence-electron chi connectivity index (χ3n) is 3.63. The zero-order chi connectivity index (χ0) is 8.55. The highest BCUT2D eigenvalue weighted by molar-refractivity contribution is 9.09. The fraction of sp³-hybridized carbons (Fsp3) is 1.00. The normalized spacial score (nSPS) is 44.8. The molecule has 0 aromatic heterocycles. The van der Waals surface area contributed by atoms with Crippen molar-refractivity contribution in [3.8, 4) is 0 Å². The van der Waals surface area contributed by atoms with E-state index in [-0.39, 0.29) is 17.0 Å². The number of rotatable bonds is 0. The standard InChI is InChI=1S/C10H18BrN.BrH/c1-12-5-4-8-2-3-10(11)6-9(8)7-12;/h8-10H,2-7H2,1H3;1H/t8-,9?,10+;/m1./s1. The van der Waals surface area contributed by atoms with E-state index in [9.17, 15) is 0 Å². The average molecular weight is 313 g/mol. The van der Waals surface area contributed by atoms with Gasteiger partial charge in [-0.3, -0.25) is 0 Å². The van der Waals surface area contributed by atoms with Gasteiger partial charge in [-0.2, -0.15) is 0 Å². The molecule has 1 heterocycles. The first kappa shape index (κ1) is 12.0. The highest BCUT2D eigenvalue weighted by Crippen LogP contribution is 2.35. The molecule has 2 fully saturated rings. The van der Waals surface area contributed by atoms with E-state index in [1.807, 2.05) is 0 Å². The van der Waals surface area contributed by atoms with Crippen molar-refractivity contribution in [1.29, 1.82) is 0 Å². The van der Waals surface area contributed by atoms with E-state index in [4.69, 9.17) is 0 Å². The second-order valence-electron chi connectivity index (χ2n) is 4.63. The van der Waals surface area contributed by atoms with Gasteiger partial charge in [0.25, 0.3) is 0 Å². The van der Waals surface area contributed by atoms with Crippen LogP contribution in [0.25, 0.3) is 0 Å². The monoisotopic (exact) mass is 311 g/mol. The van der Waals surface area contributed by atoms with Crippen LogP contribution in [-0.2, 0) is 0 Å². The van der Waals surface area contributed by atoms with Gasteiger partial charge in [0, 0.05) is 10.7 Å². The third-order valence-corrected chi connectivity index (χ3v) is 4.46. The SMILES string of the molecule is C[NH+]1CC[C@H]2CC[C@H](Br)CC2C1.[Br-]. The van der Waals surface area contributed by atoms with Crippen LogP contribution < -0.4 is 21.9 Å². The van der Waals surface area contributed by atoms with Crippen molar-refractivity contribution >= 4 is 15.9 Å². The molecule has 3 heteroatoms. The summed E-state index contributed by atoms with van der Waals surface area (Å²) in [5.74, 6) is 2.10. The Morgan fingerprint density at radius 2 is 1.92 bits per heavy atom. The summed E-state index contributed by atoms with van der Waals surface area (Å²) in [7, 11) is 2.34. The summed E-state index contributed by atoms with van der Waals surface area (Å²) in [6, 6.07) is 0.